The summed E-state index contributed by atoms with van der Waals surface area (Å²) in [6.45, 7) is 0.0690. The molecular formula is C13H8N4O7-4. The van der Waals surface area contributed by atoms with E-state index in [0.29, 0.717) is 11.3 Å². The van der Waals surface area contributed by atoms with E-state index >= 15 is 0 Å². The average Bonchev–Trinajstić information content (AvgIpc) is 3.02. The quantitative estimate of drug-likeness (QED) is 0.818. The van der Waals surface area contributed by atoms with Gasteiger partial charge in [-0.1, -0.05) is 6.07 Å². The monoisotopic (exact) mass is 332 g/mol. The summed E-state index contributed by atoms with van der Waals surface area (Å²) in [4.78, 5) is 8.68. The molecule has 0 spiro atoms. The van der Waals surface area contributed by atoms with Crippen molar-refractivity contribution < 1.29 is 14.6 Å². The molecule has 2 heterocycles. The van der Waals surface area contributed by atoms with Crippen molar-refractivity contribution in [1.82, 2.24) is 0 Å². The third-order valence-corrected chi connectivity index (χ3v) is 3.48. The summed E-state index contributed by atoms with van der Waals surface area (Å²) >= 11 is 0. The third kappa shape index (κ3) is 2.33. The molecule has 11 heteroatoms. The van der Waals surface area contributed by atoms with Crippen LogP contribution in [0.3, 0.4) is 0 Å². The standard InChI is InChI=1S/C13H8N4O7/c18-14-10-3-1-8(5-12(10)16(20)23-14)7-22-9-2-4-11-13(6-9)17(21)24-15(11)19/h1-6H,7H2/q-4. The van der Waals surface area contributed by atoms with Crippen LogP contribution in [0.15, 0.2) is 36.4 Å². The van der Waals surface area contributed by atoms with Gasteiger partial charge < -0.3 is 25.6 Å². The van der Waals surface area contributed by atoms with Crippen LogP contribution in [-0.4, -0.2) is 0 Å². The van der Waals surface area contributed by atoms with E-state index < -0.39 is 0 Å². The van der Waals surface area contributed by atoms with Crippen molar-refractivity contribution in [3.05, 3.63) is 62.8 Å². The normalized spacial score (nSPS) is 15.8. The molecule has 2 aromatic carbocycles. The summed E-state index contributed by atoms with van der Waals surface area (Å²) in [6, 6.07) is 8.74. The maximum atomic E-state index is 11.4. The highest BCUT2D eigenvalue weighted by Gasteiger charge is 2.18. The zero-order valence-corrected chi connectivity index (χ0v) is 11.8. The number of hydrogen-bond acceptors (Lipinski definition) is 11. The zero-order valence-electron chi connectivity index (χ0n) is 11.8. The molecule has 0 unspecified atom stereocenters. The summed E-state index contributed by atoms with van der Waals surface area (Å²) in [5, 5.41) is 45.8. The maximum absolute atomic E-state index is 11.4. The first-order valence-corrected chi connectivity index (χ1v) is 6.68. The van der Waals surface area contributed by atoms with Crippen LogP contribution < -0.4 is 25.6 Å². The molecule has 0 aromatic heterocycles. The van der Waals surface area contributed by atoms with Gasteiger partial charge in [-0.15, -0.1) is 0 Å². The second-order valence-corrected chi connectivity index (χ2v) is 4.95. The molecule has 0 amide bonds. The second kappa shape index (κ2) is 5.38. The van der Waals surface area contributed by atoms with E-state index in [1.54, 1.807) is 6.07 Å². The number of hydrogen-bond donors (Lipinski definition) is 0. The lowest BCUT2D eigenvalue weighted by Crippen LogP contribution is -2.17. The topological polar surface area (TPSA) is 133 Å². The Morgan fingerprint density at radius 2 is 1.25 bits per heavy atom. The van der Waals surface area contributed by atoms with Crippen LogP contribution in [0.25, 0.3) is 0 Å². The van der Waals surface area contributed by atoms with Gasteiger partial charge in [0.15, 0.2) is 0 Å². The fourth-order valence-electron chi connectivity index (χ4n) is 2.33. The van der Waals surface area contributed by atoms with Gasteiger partial charge in [-0.2, -0.15) is 9.88 Å². The molecule has 0 saturated carbocycles. The van der Waals surface area contributed by atoms with E-state index in [0.717, 1.165) is 0 Å². The highest BCUT2D eigenvalue weighted by Crippen LogP contribution is 2.39. The fourth-order valence-corrected chi connectivity index (χ4v) is 2.33. The van der Waals surface area contributed by atoms with Gasteiger partial charge in [0, 0.05) is 6.07 Å². The summed E-state index contributed by atoms with van der Waals surface area (Å²) in [6.07, 6.45) is 0. The Balaban J connectivity index is 1.50. The van der Waals surface area contributed by atoms with Gasteiger partial charge in [0.2, 0.25) is 0 Å². The summed E-state index contributed by atoms with van der Waals surface area (Å²) < 4.78 is 5.53. The van der Waals surface area contributed by atoms with Gasteiger partial charge in [0.1, 0.15) is 12.4 Å². The molecule has 2 aliphatic heterocycles. The van der Waals surface area contributed by atoms with Crippen molar-refractivity contribution >= 4 is 22.7 Å². The van der Waals surface area contributed by atoms with Crippen molar-refractivity contribution in [2.45, 2.75) is 6.61 Å². The second-order valence-electron chi connectivity index (χ2n) is 4.95. The molecule has 0 N–H and O–H groups in total. The smallest absolute Gasteiger partial charge is 0.122 e. The van der Waals surface area contributed by atoms with Crippen LogP contribution in [0.2, 0.25) is 0 Å². The molecule has 0 aliphatic carbocycles. The molecule has 0 fully saturated rings. The molecule has 0 atom stereocenters. The molecule has 11 nitrogen and oxygen atoms in total. The highest BCUT2D eigenvalue weighted by molar-refractivity contribution is 5.75. The molecule has 126 valence electrons. The van der Waals surface area contributed by atoms with E-state index in [1.807, 2.05) is 0 Å². The van der Waals surface area contributed by atoms with E-state index in [2.05, 4.69) is 9.88 Å². The number of rotatable bonds is 3. The maximum Gasteiger partial charge on any atom is 0.122 e. The third-order valence-electron chi connectivity index (χ3n) is 3.48. The molecule has 2 aliphatic rings. The van der Waals surface area contributed by atoms with Crippen molar-refractivity contribution in [2.24, 2.45) is 0 Å². The average molecular weight is 332 g/mol. The van der Waals surface area contributed by atoms with Gasteiger partial charge in [-0.05, 0) is 29.8 Å². The van der Waals surface area contributed by atoms with Gasteiger partial charge in [0.25, 0.3) is 0 Å². The van der Waals surface area contributed by atoms with E-state index in [9.17, 15) is 20.8 Å². The summed E-state index contributed by atoms with van der Waals surface area (Å²) in [5.41, 5.74) is 0.874. The van der Waals surface area contributed by atoms with Crippen LogP contribution in [0.1, 0.15) is 5.56 Å². The Morgan fingerprint density at radius 3 is 1.92 bits per heavy atom. The zero-order chi connectivity index (χ0) is 16.8. The van der Waals surface area contributed by atoms with E-state index in [1.165, 1.54) is 30.3 Å². The van der Waals surface area contributed by atoms with E-state index in [4.69, 9.17) is 4.74 Å². The highest BCUT2D eigenvalue weighted by atomic mass is 17.1. The van der Waals surface area contributed by atoms with Crippen molar-refractivity contribution in [3.63, 3.8) is 0 Å². The van der Waals surface area contributed by atoms with Crippen molar-refractivity contribution in [2.75, 3.05) is 20.9 Å². The first kappa shape index (κ1) is 14.8. The Bertz CT molecular complexity index is 723. The first-order valence-electron chi connectivity index (χ1n) is 6.68. The lowest BCUT2D eigenvalue weighted by Gasteiger charge is -2.26. The van der Waals surface area contributed by atoms with Crippen LogP contribution in [0, 0.1) is 20.8 Å². The van der Waals surface area contributed by atoms with Gasteiger partial charge in [0.05, 0.1) is 22.7 Å². The molecule has 4 rings (SSSR count). The van der Waals surface area contributed by atoms with Gasteiger partial charge in [-0.3, -0.25) is 20.9 Å². The number of nitrogens with zero attached hydrogens (tertiary/aromatic N) is 4. The van der Waals surface area contributed by atoms with Crippen molar-refractivity contribution in [3.8, 4) is 5.75 Å². The minimum atomic E-state index is 0.0255. The van der Waals surface area contributed by atoms with Gasteiger partial charge in [-0.25, -0.2) is 0 Å². The van der Waals surface area contributed by atoms with Crippen LogP contribution in [0.4, 0.5) is 22.7 Å². The number of anilines is 4. The molecule has 24 heavy (non-hydrogen) atoms. The molecule has 0 bridgehead atoms. The number of ether oxygens (including phenoxy) is 1. The van der Waals surface area contributed by atoms with Crippen LogP contribution in [0.5, 0.6) is 5.75 Å². The first-order chi connectivity index (χ1) is 11.5. The summed E-state index contributed by atoms with van der Waals surface area (Å²) in [7, 11) is 0. The Labute approximate surface area is 134 Å². The molecule has 0 saturated heterocycles. The van der Waals surface area contributed by atoms with Crippen LogP contribution in [-0.2, 0) is 16.5 Å². The molecular weight excluding hydrogens is 324 g/mol. The Hall–Kier alpha value is -2.80. The lowest BCUT2D eigenvalue weighted by atomic mass is 10.2. The predicted octanol–water partition coefficient (Wildman–Crippen LogP) is 2.20. The predicted molar refractivity (Wildman–Crippen MR) is 82.8 cm³/mol. The fraction of sp³-hybridized carbons (Fsp3) is 0.0769. The Morgan fingerprint density at radius 1 is 0.708 bits per heavy atom. The van der Waals surface area contributed by atoms with E-state index in [-0.39, 0.29) is 50.3 Å². The van der Waals surface area contributed by atoms with Crippen LogP contribution >= 0.6 is 0 Å². The van der Waals surface area contributed by atoms with Crippen molar-refractivity contribution in [1.29, 1.82) is 0 Å². The number of benzene rings is 2. The van der Waals surface area contributed by atoms with Gasteiger partial charge >= 0.3 is 0 Å². The minimum Gasteiger partial charge on any atom is -0.731 e. The lowest BCUT2D eigenvalue weighted by molar-refractivity contribution is 0.150. The largest absolute Gasteiger partial charge is 0.731 e. The minimum absolute atomic E-state index is 0.0255. The summed E-state index contributed by atoms with van der Waals surface area (Å²) in [5.74, 6) is 0.328. The number of fused-ring (bicyclic) bond motifs is 2. The molecule has 2 aromatic rings. The SMILES string of the molecule is [O-]N1ON([O-])c2cc(COc3ccc4c(c3)N([O-])ON4[O-])ccc21. The Kier molecular flexibility index (Phi) is 3.31. The molecule has 0 radical (unpaired) electrons.